The molecule has 2 nitrogen and oxygen atoms in total. The Morgan fingerprint density at radius 2 is 2.00 bits per heavy atom. The van der Waals surface area contributed by atoms with E-state index in [0.29, 0.717) is 0 Å². The van der Waals surface area contributed by atoms with Gasteiger partial charge >= 0.3 is 0 Å². The molecule has 0 fully saturated rings. The molecule has 4 heteroatoms. The second-order valence-corrected chi connectivity index (χ2v) is 5.77. The van der Waals surface area contributed by atoms with Gasteiger partial charge in [0.25, 0.3) is 0 Å². The predicted molar refractivity (Wildman–Crippen MR) is 68.4 cm³/mol. The van der Waals surface area contributed by atoms with Gasteiger partial charge in [-0.1, -0.05) is 38.4 Å². The van der Waals surface area contributed by atoms with Crippen LogP contribution < -0.4 is 5.73 Å². The molecule has 0 unspecified atom stereocenters. The lowest BCUT2D eigenvalue weighted by molar-refractivity contribution is 0.130. The summed E-state index contributed by atoms with van der Waals surface area (Å²) in [6.07, 6.45) is -0.692. The van der Waals surface area contributed by atoms with Crippen LogP contribution in [0.15, 0.2) is 18.2 Å². The summed E-state index contributed by atoms with van der Waals surface area (Å²) in [4.78, 5) is 0. The number of hydrogen-bond acceptors (Lipinski definition) is 2. The van der Waals surface area contributed by atoms with E-state index < -0.39 is 11.9 Å². The van der Waals surface area contributed by atoms with E-state index in [1.807, 2.05) is 20.8 Å². The maximum atomic E-state index is 13.6. The number of benzene rings is 1. The van der Waals surface area contributed by atoms with E-state index in [9.17, 15) is 9.50 Å². The smallest absolute Gasteiger partial charge is 0.130 e. The fourth-order valence-electron chi connectivity index (χ4n) is 1.54. The molecule has 0 aromatic heterocycles. The molecule has 96 valence electrons. The first kappa shape index (κ1) is 14.4. The Kier molecular flexibility index (Phi) is 4.53. The summed E-state index contributed by atoms with van der Waals surface area (Å²) in [5, 5.41) is 10.2. The van der Waals surface area contributed by atoms with Gasteiger partial charge in [0.05, 0.1) is 6.10 Å². The number of aliphatic hydroxyl groups is 1. The molecule has 0 bridgehead atoms. The molecule has 0 aliphatic heterocycles. The van der Waals surface area contributed by atoms with Crippen molar-refractivity contribution in [3.05, 3.63) is 34.6 Å². The van der Waals surface area contributed by atoms with Crippen LogP contribution in [0.4, 0.5) is 4.39 Å². The Bertz CT molecular complexity index is 369. The Hall–Kier alpha value is -0.640. The average molecular weight is 260 g/mol. The molecule has 1 aromatic carbocycles. The van der Waals surface area contributed by atoms with E-state index in [2.05, 4.69) is 0 Å². The molecule has 17 heavy (non-hydrogen) atoms. The van der Waals surface area contributed by atoms with Crippen LogP contribution in [-0.2, 0) is 0 Å². The Labute approximate surface area is 107 Å². The summed E-state index contributed by atoms with van der Waals surface area (Å²) in [7, 11) is 0. The highest BCUT2D eigenvalue weighted by atomic mass is 35.5. The quantitative estimate of drug-likeness (QED) is 0.875. The molecule has 2 atom stereocenters. The van der Waals surface area contributed by atoms with E-state index in [1.165, 1.54) is 12.1 Å². The van der Waals surface area contributed by atoms with E-state index >= 15 is 0 Å². The van der Waals surface area contributed by atoms with Crippen molar-refractivity contribution < 1.29 is 9.50 Å². The molecular formula is C13H19ClFNO. The minimum atomic E-state index is -0.974. The average Bonchev–Trinajstić information content (AvgIpc) is 2.15. The van der Waals surface area contributed by atoms with Crippen molar-refractivity contribution in [3.63, 3.8) is 0 Å². The number of rotatable bonds is 3. The topological polar surface area (TPSA) is 46.2 Å². The largest absolute Gasteiger partial charge is 0.388 e. The van der Waals surface area contributed by atoms with E-state index in [4.69, 9.17) is 17.3 Å². The van der Waals surface area contributed by atoms with Gasteiger partial charge in [-0.25, -0.2) is 4.39 Å². The zero-order chi connectivity index (χ0) is 13.2. The summed E-state index contributed by atoms with van der Waals surface area (Å²) in [5.41, 5.74) is 5.96. The van der Waals surface area contributed by atoms with Gasteiger partial charge in [-0.15, -0.1) is 0 Å². The molecule has 0 radical (unpaired) electrons. The zero-order valence-electron chi connectivity index (χ0n) is 10.4. The van der Waals surface area contributed by atoms with Crippen LogP contribution in [0.25, 0.3) is 0 Å². The minimum absolute atomic E-state index is 0.133. The summed E-state index contributed by atoms with van der Waals surface area (Å²) in [6, 6.07) is 4.13. The molecule has 0 aliphatic carbocycles. The molecule has 0 heterocycles. The highest BCUT2D eigenvalue weighted by Crippen LogP contribution is 2.31. The summed E-state index contributed by atoms with van der Waals surface area (Å²) in [6.45, 7) is 5.94. The molecule has 0 saturated heterocycles. The Morgan fingerprint density at radius 3 is 2.47 bits per heavy atom. The van der Waals surface area contributed by atoms with Gasteiger partial charge in [-0.2, -0.15) is 0 Å². The van der Waals surface area contributed by atoms with Crippen molar-refractivity contribution in [1.29, 1.82) is 0 Å². The fraction of sp³-hybridized carbons (Fsp3) is 0.538. The third kappa shape index (κ3) is 3.66. The maximum absolute atomic E-state index is 13.6. The van der Waals surface area contributed by atoms with Crippen LogP contribution in [-0.4, -0.2) is 11.1 Å². The lowest BCUT2D eigenvalue weighted by Gasteiger charge is -2.29. The predicted octanol–water partition coefficient (Wildman–Crippen LogP) is 3.28. The van der Waals surface area contributed by atoms with Gasteiger partial charge in [0.15, 0.2) is 0 Å². The number of aliphatic hydroxyl groups excluding tert-OH is 1. The van der Waals surface area contributed by atoms with Crippen molar-refractivity contribution in [2.45, 2.75) is 39.3 Å². The van der Waals surface area contributed by atoms with Crippen LogP contribution in [0.1, 0.15) is 38.9 Å². The Balaban J connectivity index is 2.87. The monoisotopic (exact) mass is 259 g/mol. The van der Waals surface area contributed by atoms with E-state index in [1.54, 1.807) is 6.07 Å². The first-order valence-corrected chi connectivity index (χ1v) is 5.99. The lowest BCUT2D eigenvalue weighted by atomic mass is 9.83. The second kappa shape index (κ2) is 5.34. The van der Waals surface area contributed by atoms with E-state index in [0.717, 1.165) is 0 Å². The van der Waals surface area contributed by atoms with Crippen molar-refractivity contribution in [2.24, 2.45) is 11.1 Å². The molecule has 3 N–H and O–H groups in total. The summed E-state index contributed by atoms with van der Waals surface area (Å²) in [5.74, 6) is -0.494. The van der Waals surface area contributed by atoms with Crippen molar-refractivity contribution in [3.8, 4) is 0 Å². The van der Waals surface area contributed by atoms with Crippen molar-refractivity contribution in [2.75, 3.05) is 0 Å². The van der Waals surface area contributed by atoms with E-state index in [-0.39, 0.29) is 28.5 Å². The fourth-order valence-corrected chi connectivity index (χ4v) is 1.83. The maximum Gasteiger partial charge on any atom is 0.130 e. The van der Waals surface area contributed by atoms with Crippen LogP contribution in [0.2, 0.25) is 5.02 Å². The van der Waals surface area contributed by atoms with Gasteiger partial charge in [0, 0.05) is 16.6 Å². The van der Waals surface area contributed by atoms with Crippen LogP contribution in [0, 0.1) is 11.2 Å². The third-order valence-corrected chi connectivity index (χ3v) is 3.25. The van der Waals surface area contributed by atoms with Gasteiger partial charge in [0.2, 0.25) is 0 Å². The standard InChI is InChI=1S/C13H19ClFNO/c1-13(2,3)11(16)7-10(17)12-8(14)5-4-6-9(12)15/h4-6,10-11,17H,7,16H2,1-3H3/t10-,11+/m1/s1. The van der Waals surface area contributed by atoms with Crippen LogP contribution in [0.3, 0.4) is 0 Å². The first-order valence-electron chi connectivity index (χ1n) is 5.61. The van der Waals surface area contributed by atoms with Crippen molar-refractivity contribution >= 4 is 11.6 Å². The SMILES string of the molecule is CC(C)(C)[C@@H](N)C[C@@H](O)c1c(F)cccc1Cl. The Morgan fingerprint density at radius 1 is 1.41 bits per heavy atom. The minimum Gasteiger partial charge on any atom is -0.388 e. The van der Waals surface area contributed by atoms with Gasteiger partial charge < -0.3 is 10.8 Å². The summed E-state index contributed by atoms with van der Waals surface area (Å²) >= 11 is 5.88. The molecule has 0 spiro atoms. The zero-order valence-corrected chi connectivity index (χ0v) is 11.1. The number of halogens is 2. The van der Waals surface area contributed by atoms with Crippen LogP contribution in [0.5, 0.6) is 0 Å². The first-order chi connectivity index (χ1) is 7.73. The van der Waals surface area contributed by atoms with Crippen LogP contribution >= 0.6 is 11.6 Å². The van der Waals surface area contributed by atoms with Crippen molar-refractivity contribution in [1.82, 2.24) is 0 Å². The third-order valence-electron chi connectivity index (χ3n) is 2.92. The van der Waals surface area contributed by atoms with Gasteiger partial charge in [-0.3, -0.25) is 0 Å². The van der Waals surface area contributed by atoms with Gasteiger partial charge in [0.1, 0.15) is 5.82 Å². The highest BCUT2D eigenvalue weighted by Gasteiger charge is 2.26. The summed E-state index contributed by atoms with van der Waals surface area (Å²) < 4.78 is 13.6. The number of nitrogens with two attached hydrogens (primary N) is 1. The lowest BCUT2D eigenvalue weighted by Crippen LogP contribution is -2.36. The molecular weight excluding hydrogens is 241 g/mol. The molecule has 0 amide bonds. The molecule has 1 aromatic rings. The van der Waals surface area contributed by atoms with Gasteiger partial charge in [-0.05, 0) is 24.0 Å². The number of hydrogen-bond donors (Lipinski definition) is 2. The molecule has 1 rings (SSSR count). The second-order valence-electron chi connectivity index (χ2n) is 5.36. The highest BCUT2D eigenvalue weighted by molar-refractivity contribution is 6.31. The normalized spacial score (nSPS) is 15.7. The molecule has 0 aliphatic rings. The molecule has 0 saturated carbocycles.